The zero-order valence-electron chi connectivity index (χ0n) is 16.7. The first kappa shape index (κ1) is 21.8. The largest absolute Gasteiger partial charge is 0.489 e. The van der Waals surface area contributed by atoms with Crippen LogP contribution >= 0.6 is 23.2 Å². The summed E-state index contributed by atoms with van der Waals surface area (Å²) in [5.74, 6) is 0.0778. The first-order valence-corrected chi connectivity index (χ1v) is 10.1. The van der Waals surface area contributed by atoms with Gasteiger partial charge in [-0.25, -0.2) is 14.1 Å². The van der Waals surface area contributed by atoms with Crippen molar-refractivity contribution in [1.29, 1.82) is 0 Å². The van der Waals surface area contributed by atoms with Gasteiger partial charge in [0, 0.05) is 10.0 Å². The summed E-state index contributed by atoms with van der Waals surface area (Å²) in [7, 11) is 0. The first-order valence-electron chi connectivity index (χ1n) is 9.37. The molecule has 0 aliphatic rings. The van der Waals surface area contributed by atoms with E-state index in [0.717, 1.165) is 0 Å². The van der Waals surface area contributed by atoms with Crippen molar-refractivity contribution in [2.75, 3.05) is 5.32 Å². The fourth-order valence-corrected chi connectivity index (χ4v) is 3.27. The van der Waals surface area contributed by atoms with Gasteiger partial charge in [0.15, 0.2) is 5.69 Å². The second-order valence-electron chi connectivity index (χ2n) is 6.77. The average molecular weight is 476 g/mol. The number of benzene rings is 2. The molecule has 0 aliphatic carbocycles. The second kappa shape index (κ2) is 9.37. The number of aromatic nitrogens is 4. The molecule has 1 amide bonds. The monoisotopic (exact) mass is 475 g/mol. The molecule has 4 aromatic rings. The summed E-state index contributed by atoms with van der Waals surface area (Å²) in [6.45, 7) is 1.99. The Balaban J connectivity index is 1.43. The molecule has 11 heteroatoms. The molecule has 2 aromatic heterocycles. The van der Waals surface area contributed by atoms with Crippen LogP contribution in [0.5, 0.6) is 5.75 Å². The molecule has 8 nitrogen and oxygen atoms in total. The summed E-state index contributed by atoms with van der Waals surface area (Å²) in [5.41, 5.74) is 1.20. The molecule has 164 valence electrons. The molecule has 0 spiro atoms. The van der Waals surface area contributed by atoms with Crippen LogP contribution in [0.4, 0.5) is 10.3 Å². The van der Waals surface area contributed by atoms with E-state index in [0.29, 0.717) is 27.7 Å². The Kier molecular flexibility index (Phi) is 6.38. The number of rotatable bonds is 7. The van der Waals surface area contributed by atoms with E-state index in [9.17, 15) is 9.18 Å². The van der Waals surface area contributed by atoms with Crippen LogP contribution in [0, 0.1) is 12.7 Å². The number of halogens is 3. The van der Waals surface area contributed by atoms with Crippen molar-refractivity contribution in [2.45, 2.75) is 20.1 Å². The minimum Gasteiger partial charge on any atom is -0.489 e. The molecule has 0 atom stereocenters. The highest BCUT2D eigenvalue weighted by molar-refractivity contribution is 6.31. The predicted octanol–water partition coefficient (Wildman–Crippen LogP) is 4.90. The van der Waals surface area contributed by atoms with Crippen LogP contribution in [0.25, 0.3) is 0 Å². The Morgan fingerprint density at radius 1 is 1.25 bits per heavy atom. The van der Waals surface area contributed by atoms with Gasteiger partial charge in [-0.15, -0.1) is 5.10 Å². The lowest BCUT2D eigenvalue weighted by atomic mass is 10.2. The maximum absolute atomic E-state index is 13.2. The zero-order chi connectivity index (χ0) is 22.7. The van der Waals surface area contributed by atoms with E-state index in [4.69, 9.17) is 32.5 Å². The van der Waals surface area contributed by atoms with E-state index in [1.165, 1.54) is 23.1 Å². The SMILES string of the molecule is Cc1onc(C(=O)Nc2ncn(Cc3ccc(F)cc3Cl)n2)c1COc1cccc(Cl)c1. The number of hydrogen-bond acceptors (Lipinski definition) is 6. The molecule has 0 unspecified atom stereocenters. The third-order valence-electron chi connectivity index (χ3n) is 4.49. The lowest BCUT2D eigenvalue weighted by Gasteiger charge is -2.07. The molecule has 0 radical (unpaired) electrons. The lowest BCUT2D eigenvalue weighted by molar-refractivity contribution is 0.101. The van der Waals surface area contributed by atoms with Crippen molar-refractivity contribution in [2.24, 2.45) is 0 Å². The standard InChI is InChI=1S/C21H16Cl2FN5O3/c1-12-17(10-31-16-4-2-3-14(22)7-16)19(28-32-12)20(30)26-21-25-11-29(27-21)9-13-5-6-15(24)8-18(13)23/h2-8,11H,9-10H2,1H3,(H,26,27,30). The molecule has 2 heterocycles. The number of ether oxygens (including phenoxy) is 1. The number of nitrogens with one attached hydrogen (secondary N) is 1. The Bertz CT molecular complexity index is 1270. The number of aryl methyl sites for hydroxylation is 1. The summed E-state index contributed by atoms with van der Waals surface area (Å²) in [6.07, 6.45) is 1.42. The molecule has 1 N–H and O–H groups in total. The van der Waals surface area contributed by atoms with Crippen molar-refractivity contribution < 1.29 is 18.4 Å². The molecular formula is C21H16Cl2FN5O3. The number of anilines is 1. The van der Waals surface area contributed by atoms with Crippen LogP contribution < -0.4 is 10.1 Å². The van der Waals surface area contributed by atoms with E-state index in [1.807, 2.05) is 0 Å². The van der Waals surface area contributed by atoms with Crippen molar-refractivity contribution in [3.05, 3.63) is 87.2 Å². The van der Waals surface area contributed by atoms with Crippen molar-refractivity contribution >= 4 is 35.1 Å². The number of carbonyl (C=O) groups is 1. The Morgan fingerprint density at radius 3 is 2.88 bits per heavy atom. The maximum Gasteiger partial charge on any atom is 0.280 e. The summed E-state index contributed by atoms with van der Waals surface area (Å²) >= 11 is 12.0. The van der Waals surface area contributed by atoms with Gasteiger partial charge in [0.1, 0.15) is 30.3 Å². The average Bonchev–Trinajstić information content (AvgIpc) is 3.34. The minimum atomic E-state index is -0.552. The van der Waals surface area contributed by atoms with E-state index in [2.05, 4.69) is 20.6 Å². The van der Waals surface area contributed by atoms with Crippen LogP contribution in [0.3, 0.4) is 0 Å². The van der Waals surface area contributed by atoms with Crippen LogP contribution in [-0.2, 0) is 13.2 Å². The van der Waals surface area contributed by atoms with Crippen LogP contribution in [0.1, 0.15) is 27.4 Å². The summed E-state index contributed by atoms with van der Waals surface area (Å²) in [5, 5.41) is 11.4. The molecule has 32 heavy (non-hydrogen) atoms. The van der Waals surface area contributed by atoms with Gasteiger partial charge >= 0.3 is 0 Å². The van der Waals surface area contributed by atoms with E-state index >= 15 is 0 Å². The predicted molar refractivity (Wildman–Crippen MR) is 116 cm³/mol. The number of nitrogens with zero attached hydrogens (tertiary/aromatic N) is 4. The Labute approximate surface area is 191 Å². The molecule has 2 aromatic carbocycles. The maximum atomic E-state index is 13.2. The molecule has 0 saturated carbocycles. The number of hydrogen-bond donors (Lipinski definition) is 1. The summed E-state index contributed by atoms with van der Waals surface area (Å²) in [6, 6.07) is 11.0. The number of carbonyl (C=O) groups excluding carboxylic acids is 1. The fourth-order valence-electron chi connectivity index (χ4n) is 2.87. The minimum absolute atomic E-state index is 0.0578. The van der Waals surface area contributed by atoms with E-state index in [1.54, 1.807) is 37.3 Å². The van der Waals surface area contributed by atoms with Gasteiger partial charge in [0.05, 0.1) is 12.1 Å². The molecule has 0 fully saturated rings. The molecule has 0 aliphatic heterocycles. The highest BCUT2D eigenvalue weighted by atomic mass is 35.5. The quantitative estimate of drug-likeness (QED) is 0.408. The Morgan fingerprint density at radius 2 is 2.09 bits per heavy atom. The molecular weight excluding hydrogens is 460 g/mol. The second-order valence-corrected chi connectivity index (χ2v) is 7.61. The van der Waals surface area contributed by atoms with Crippen LogP contribution in [0.2, 0.25) is 10.0 Å². The van der Waals surface area contributed by atoms with Gasteiger partial charge in [-0.05, 0) is 42.8 Å². The summed E-state index contributed by atoms with van der Waals surface area (Å²) < 4.78 is 25.5. The van der Waals surface area contributed by atoms with E-state index in [-0.39, 0.29) is 29.8 Å². The topological polar surface area (TPSA) is 95.1 Å². The van der Waals surface area contributed by atoms with Crippen LogP contribution in [0.15, 0.2) is 53.3 Å². The first-order chi connectivity index (χ1) is 15.4. The lowest BCUT2D eigenvalue weighted by Crippen LogP contribution is -2.16. The Hall–Kier alpha value is -3.43. The summed E-state index contributed by atoms with van der Waals surface area (Å²) in [4.78, 5) is 16.8. The highest BCUT2D eigenvalue weighted by Gasteiger charge is 2.22. The van der Waals surface area contributed by atoms with Gasteiger partial charge in [0.2, 0.25) is 5.95 Å². The zero-order valence-corrected chi connectivity index (χ0v) is 18.2. The third-order valence-corrected chi connectivity index (χ3v) is 5.08. The van der Waals surface area contributed by atoms with Crippen molar-refractivity contribution in [3.63, 3.8) is 0 Å². The third kappa shape index (κ3) is 5.06. The number of amides is 1. The molecule has 0 saturated heterocycles. The van der Waals surface area contributed by atoms with E-state index < -0.39 is 11.7 Å². The van der Waals surface area contributed by atoms with Crippen molar-refractivity contribution in [1.82, 2.24) is 19.9 Å². The normalized spacial score (nSPS) is 10.9. The van der Waals surface area contributed by atoms with Crippen LogP contribution in [-0.4, -0.2) is 25.8 Å². The molecule has 0 bridgehead atoms. The van der Waals surface area contributed by atoms with Crippen molar-refractivity contribution in [3.8, 4) is 5.75 Å². The van der Waals surface area contributed by atoms with Gasteiger partial charge in [-0.1, -0.05) is 40.5 Å². The fraction of sp³-hybridized carbons (Fsp3) is 0.143. The highest BCUT2D eigenvalue weighted by Crippen LogP contribution is 2.22. The molecule has 4 rings (SSSR count). The van der Waals surface area contributed by atoms with Gasteiger partial charge < -0.3 is 9.26 Å². The van der Waals surface area contributed by atoms with Gasteiger partial charge in [0.25, 0.3) is 5.91 Å². The smallest absolute Gasteiger partial charge is 0.280 e. The van der Waals surface area contributed by atoms with Gasteiger partial charge in [-0.3, -0.25) is 10.1 Å². The van der Waals surface area contributed by atoms with Gasteiger partial charge in [-0.2, -0.15) is 0 Å².